The molecule has 0 N–H and O–H groups in total. The molecule has 1 aromatic carbocycles. The van der Waals surface area contributed by atoms with Gasteiger partial charge in [0.1, 0.15) is 0 Å². The molecular formula is C14H14ClN. The minimum absolute atomic E-state index is 0.444. The molecule has 0 unspecified atom stereocenters. The molecule has 0 bridgehead atoms. The van der Waals surface area contributed by atoms with Gasteiger partial charge in [-0.05, 0) is 29.2 Å². The van der Waals surface area contributed by atoms with Crippen LogP contribution in [0.15, 0.2) is 42.7 Å². The van der Waals surface area contributed by atoms with Crippen LogP contribution in [0.3, 0.4) is 0 Å². The smallest absolute Gasteiger partial charge is 0.0484 e. The van der Waals surface area contributed by atoms with Gasteiger partial charge in [0, 0.05) is 23.0 Å². The van der Waals surface area contributed by atoms with E-state index in [0.717, 1.165) is 10.6 Å². The van der Waals surface area contributed by atoms with Gasteiger partial charge >= 0.3 is 0 Å². The van der Waals surface area contributed by atoms with Crippen LogP contribution in [0.4, 0.5) is 0 Å². The highest BCUT2D eigenvalue weighted by Gasteiger charge is 2.10. The number of halogens is 1. The zero-order valence-electron chi connectivity index (χ0n) is 9.44. The number of hydrogen-bond donors (Lipinski definition) is 0. The second-order valence-corrected chi connectivity index (χ2v) is 4.50. The van der Waals surface area contributed by atoms with Gasteiger partial charge in [-0.2, -0.15) is 0 Å². The summed E-state index contributed by atoms with van der Waals surface area (Å²) in [4.78, 5) is 4.18. The van der Waals surface area contributed by atoms with Gasteiger partial charge in [0.2, 0.25) is 0 Å². The molecule has 0 aliphatic rings. The molecule has 0 amide bonds. The maximum Gasteiger partial charge on any atom is 0.0484 e. The van der Waals surface area contributed by atoms with E-state index in [9.17, 15) is 0 Å². The van der Waals surface area contributed by atoms with Gasteiger partial charge in [-0.25, -0.2) is 0 Å². The van der Waals surface area contributed by atoms with Crippen molar-refractivity contribution in [1.82, 2.24) is 4.98 Å². The number of pyridine rings is 1. The van der Waals surface area contributed by atoms with Gasteiger partial charge in [0.15, 0.2) is 0 Å². The monoisotopic (exact) mass is 231 g/mol. The predicted molar refractivity (Wildman–Crippen MR) is 68.8 cm³/mol. The molecule has 1 heterocycles. The lowest BCUT2D eigenvalue weighted by atomic mass is 9.95. The maximum atomic E-state index is 6.22. The van der Waals surface area contributed by atoms with E-state index in [1.54, 1.807) is 0 Å². The quantitative estimate of drug-likeness (QED) is 0.740. The average molecular weight is 232 g/mol. The molecule has 0 fully saturated rings. The second kappa shape index (κ2) is 4.67. The van der Waals surface area contributed by atoms with E-state index in [-0.39, 0.29) is 0 Å². The van der Waals surface area contributed by atoms with Crippen molar-refractivity contribution in [1.29, 1.82) is 0 Å². The maximum absolute atomic E-state index is 6.22. The van der Waals surface area contributed by atoms with Crippen molar-refractivity contribution in [2.24, 2.45) is 0 Å². The van der Waals surface area contributed by atoms with Gasteiger partial charge in [0.25, 0.3) is 0 Å². The van der Waals surface area contributed by atoms with Gasteiger partial charge in [0.05, 0.1) is 0 Å². The molecule has 2 aromatic rings. The summed E-state index contributed by atoms with van der Waals surface area (Å²) in [5.74, 6) is 0.444. The summed E-state index contributed by atoms with van der Waals surface area (Å²) in [6, 6.07) is 9.94. The Kier molecular flexibility index (Phi) is 3.25. The van der Waals surface area contributed by atoms with Gasteiger partial charge in [-0.3, -0.25) is 4.98 Å². The highest BCUT2D eigenvalue weighted by atomic mass is 35.5. The first-order chi connectivity index (χ1) is 7.70. The summed E-state index contributed by atoms with van der Waals surface area (Å²) in [6.45, 7) is 4.33. The first-order valence-corrected chi connectivity index (χ1v) is 5.76. The molecule has 0 saturated heterocycles. The lowest BCUT2D eigenvalue weighted by Crippen LogP contribution is -1.93. The first-order valence-electron chi connectivity index (χ1n) is 5.39. The van der Waals surface area contributed by atoms with E-state index in [2.05, 4.69) is 18.8 Å². The third-order valence-corrected chi connectivity index (χ3v) is 2.97. The van der Waals surface area contributed by atoms with Crippen molar-refractivity contribution in [2.45, 2.75) is 19.8 Å². The average Bonchev–Trinajstić information content (AvgIpc) is 2.29. The normalized spacial score (nSPS) is 10.8. The number of benzene rings is 1. The summed E-state index contributed by atoms with van der Waals surface area (Å²) in [5, 5.41) is 0.788. The standard InChI is InChI=1S/C14H14ClN/c1-10(2)13-9-16-8-7-11(13)12-5-3-4-6-14(12)15/h3-10H,1-2H3. The number of rotatable bonds is 2. The van der Waals surface area contributed by atoms with Crippen molar-refractivity contribution in [3.8, 4) is 11.1 Å². The van der Waals surface area contributed by atoms with Gasteiger partial charge < -0.3 is 0 Å². The minimum atomic E-state index is 0.444. The van der Waals surface area contributed by atoms with E-state index >= 15 is 0 Å². The Bertz CT molecular complexity index is 492. The molecule has 16 heavy (non-hydrogen) atoms. The van der Waals surface area contributed by atoms with Crippen molar-refractivity contribution in [3.63, 3.8) is 0 Å². The van der Waals surface area contributed by atoms with Crippen molar-refractivity contribution in [2.75, 3.05) is 0 Å². The molecule has 2 rings (SSSR count). The lowest BCUT2D eigenvalue weighted by Gasteiger charge is -2.12. The molecule has 0 radical (unpaired) electrons. The number of nitrogens with zero attached hydrogens (tertiary/aromatic N) is 1. The van der Waals surface area contributed by atoms with Crippen LogP contribution in [0.5, 0.6) is 0 Å². The second-order valence-electron chi connectivity index (χ2n) is 4.10. The van der Waals surface area contributed by atoms with E-state index < -0.39 is 0 Å². The van der Waals surface area contributed by atoms with E-state index in [1.165, 1.54) is 11.1 Å². The Morgan fingerprint density at radius 1 is 1.06 bits per heavy atom. The SMILES string of the molecule is CC(C)c1cnccc1-c1ccccc1Cl. The molecular weight excluding hydrogens is 218 g/mol. The third-order valence-electron chi connectivity index (χ3n) is 2.64. The Labute approximate surface area is 101 Å². The van der Waals surface area contributed by atoms with E-state index in [0.29, 0.717) is 5.92 Å². The molecule has 0 spiro atoms. The van der Waals surface area contributed by atoms with Crippen LogP contribution in [0.25, 0.3) is 11.1 Å². The summed E-state index contributed by atoms with van der Waals surface area (Å²) in [7, 11) is 0. The van der Waals surface area contributed by atoms with Gasteiger partial charge in [-0.15, -0.1) is 0 Å². The first kappa shape index (κ1) is 11.2. The molecule has 1 nitrogen and oxygen atoms in total. The summed E-state index contributed by atoms with van der Waals surface area (Å²) < 4.78 is 0. The largest absolute Gasteiger partial charge is 0.264 e. The third kappa shape index (κ3) is 2.10. The van der Waals surface area contributed by atoms with Crippen LogP contribution < -0.4 is 0 Å². The van der Waals surface area contributed by atoms with Crippen LogP contribution >= 0.6 is 11.6 Å². The van der Waals surface area contributed by atoms with Crippen LogP contribution in [-0.2, 0) is 0 Å². The minimum Gasteiger partial charge on any atom is -0.264 e. The van der Waals surface area contributed by atoms with Crippen LogP contribution in [0.2, 0.25) is 5.02 Å². The fourth-order valence-corrected chi connectivity index (χ4v) is 2.03. The molecule has 0 saturated carbocycles. The summed E-state index contributed by atoms with van der Waals surface area (Å²) in [6.07, 6.45) is 3.73. The van der Waals surface area contributed by atoms with Gasteiger partial charge in [-0.1, -0.05) is 43.6 Å². The fourth-order valence-electron chi connectivity index (χ4n) is 1.79. The zero-order valence-corrected chi connectivity index (χ0v) is 10.2. The Morgan fingerprint density at radius 2 is 1.81 bits per heavy atom. The van der Waals surface area contributed by atoms with Crippen LogP contribution in [0, 0.1) is 0 Å². The number of aromatic nitrogens is 1. The fraction of sp³-hybridized carbons (Fsp3) is 0.214. The predicted octanol–water partition coefficient (Wildman–Crippen LogP) is 4.53. The van der Waals surface area contributed by atoms with E-state index in [4.69, 9.17) is 11.6 Å². The molecule has 0 atom stereocenters. The van der Waals surface area contributed by atoms with Crippen molar-refractivity contribution in [3.05, 3.63) is 53.3 Å². The lowest BCUT2D eigenvalue weighted by molar-refractivity contribution is 0.860. The molecule has 1 aromatic heterocycles. The zero-order chi connectivity index (χ0) is 11.5. The summed E-state index contributed by atoms with van der Waals surface area (Å²) >= 11 is 6.22. The molecule has 2 heteroatoms. The Hall–Kier alpha value is -1.34. The Balaban J connectivity index is 2.60. The summed E-state index contributed by atoms with van der Waals surface area (Å²) in [5.41, 5.74) is 3.49. The topological polar surface area (TPSA) is 12.9 Å². The van der Waals surface area contributed by atoms with Crippen molar-refractivity contribution >= 4 is 11.6 Å². The molecule has 0 aliphatic carbocycles. The number of hydrogen-bond acceptors (Lipinski definition) is 1. The van der Waals surface area contributed by atoms with Crippen LogP contribution in [0.1, 0.15) is 25.3 Å². The van der Waals surface area contributed by atoms with E-state index in [1.807, 2.05) is 42.7 Å². The molecule has 0 aliphatic heterocycles. The highest BCUT2D eigenvalue weighted by Crippen LogP contribution is 2.32. The highest BCUT2D eigenvalue weighted by molar-refractivity contribution is 6.33. The Morgan fingerprint density at radius 3 is 2.50 bits per heavy atom. The molecule has 82 valence electrons. The van der Waals surface area contributed by atoms with Crippen LogP contribution in [-0.4, -0.2) is 4.98 Å². The van der Waals surface area contributed by atoms with Crippen molar-refractivity contribution < 1.29 is 0 Å².